The maximum absolute atomic E-state index is 12.8. The Hall–Kier alpha value is -2.13. The molecule has 0 atom stereocenters. The Morgan fingerprint density at radius 3 is 2.10 bits per heavy atom. The molecule has 0 aromatic heterocycles. The maximum atomic E-state index is 12.8. The van der Waals surface area contributed by atoms with Crippen LogP contribution in [0.4, 0.5) is 13.2 Å². The molecule has 0 bridgehead atoms. The summed E-state index contributed by atoms with van der Waals surface area (Å²) >= 11 is 0. The molecule has 3 rings (SSSR count). The van der Waals surface area contributed by atoms with E-state index in [-0.39, 0.29) is 5.41 Å². The molecule has 2 aliphatic rings. The number of carbonyl (C=O) groups excluding carboxylic acids is 1. The normalized spacial score (nSPS) is 18.8. The second kappa shape index (κ2) is 10.5. The number of aliphatic carboxylic acids is 1. The number of methoxy groups -OCH3 is 1. The molecule has 6 nitrogen and oxygen atoms in total. The number of halogens is 3. The second-order valence-electron chi connectivity index (χ2n) is 8.39. The average molecular weight is 444 g/mol. The number of benzene rings is 1. The Labute approximate surface area is 181 Å². The summed E-state index contributed by atoms with van der Waals surface area (Å²) in [4.78, 5) is 26.2. The Morgan fingerprint density at radius 1 is 1.10 bits per heavy atom. The number of piperidine rings is 1. The second-order valence-corrected chi connectivity index (χ2v) is 8.39. The van der Waals surface area contributed by atoms with Gasteiger partial charge in [0, 0.05) is 26.7 Å². The van der Waals surface area contributed by atoms with Gasteiger partial charge in [0.1, 0.15) is 0 Å². The number of rotatable bonds is 5. The van der Waals surface area contributed by atoms with Crippen LogP contribution < -0.4 is 0 Å². The minimum atomic E-state index is -5.08. The van der Waals surface area contributed by atoms with Gasteiger partial charge >= 0.3 is 12.1 Å². The molecule has 0 radical (unpaired) electrons. The number of ether oxygens (including phenoxy) is 1. The van der Waals surface area contributed by atoms with Crippen LogP contribution in [0.15, 0.2) is 18.2 Å². The summed E-state index contributed by atoms with van der Waals surface area (Å²) < 4.78 is 36.9. The third-order valence-electron chi connectivity index (χ3n) is 5.91. The molecule has 174 valence electrons. The van der Waals surface area contributed by atoms with Gasteiger partial charge in [0.05, 0.1) is 12.0 Å². The van der Waals surface area contributed by atoms with Crippen LogP contribution in [0.3, 0.4) is 0 Å². The lowest BCUT2D eigenvalue weighted by Gasteiger charge is -2.38. The van der Waals surface area contributed by atoms with Gasteiger partial charge in [-0.1, -0.05) is 29.3 Å². The summed E-state index contributed by atoms with van der Waals surface area (Å²) in [6.45, 7) is 9.65. The third-order valence-corrected chi connectivity index (χ3v) is 5.91. The van der Waals surface area contributed by atoms with Crippen LogP contribution in [0.1, 0.15) is 36.0 Å². The number of carboxylic acid groups (broad SMARTS) is 1. The number of hydrogen-bond donors (Lipinski definition) is 1. The van der Waals surface area contributed by atoms with E-state index < -0.39 is 12.1 Å². The first-order valence-corrected chi connectivity index (χ1v) is 10.3. The van der Waals surface area contributed by atoms with Crippen molar-refractivity contribution in [3.63, 3.8) is 0 Å². The number of aryl methyl sites for hydroxylation is 2. The van der Waals surface area contributed by atoms with Crippen molar-refractivity contribution in [3.8, 4) is 0 Å². The van der Waals surface area contributed by atoms with Crippen LogP contribution in [0.25, 0.3) is 0 Å². The number of likely N-dealkylation sites (tertiary alicyclic amines) is 2. The number of nitrogens with zero attached hydrogens (tertiary/aromatic N) is 2. The van der Waals surface area contributed by atoms with Gasteiger partial charge in [0.25, 0.3) is 0 Å². The summed E-state index contributed by atoms with van der Waals surface area (Å²) in [7, 11) is 1.70. The number of carbonyl (C=O) groups is 2. The first-order chi connectivity index (χ1) is 14.5. The highest BCUT2D eigenvalue weighted by atomic mass is 19.4. The summed E-state index contributed by atoms with van der Waals surface area (Å²) in [6.07, 6.45) is -2.06. The quantitative estimate of drug-likeness (QED) is 0.754. The van der Waals surface area contributed by atoms with E-state index in [0.717, 1.165) is 52.0 Å². The molecule has 1 N–H and O–H groups in total. The molecule has 0 unspecified atom stereocenters. The molecule has 1 aromatic rings. The molecule has 0 saturated carbocycles. The molecule has 2 saturated heterocycles. The van der Waals surface area contributed by atoms with Gasteiger partial charge in [-0.15, -0.1) is 0 Å². The smallest absolute Gasteiger partial charge is 0.475 e. The molecule has 2 aliphatic heterocycles. The lowest BCUT2D eigenvalue weighted by Crippen LogP contribution is -2.44. The molecular weight excluding hydrogens is 413 g/mol. The van der Waals surface area contributed by atoms with Crippen LogP contribution in [0.2, 0.25) is 0 Å². The number of amides is 1. The van der Waals surface area contributed by atoms with Crippen molar-refractivity contribution >= 4 is 11.9 Å². The Morgan fingerprint density at radius 2 is 1.61 bits per heavy atom. The minimum absolute atomic E-state index is 0.0905. The lowest BCUT2D eigenvalue weighted by atomic mass is 9.77. The van der Waals surface area contributed by atoms with Gasteiger partial charge in [-0.05, 0) is 51.8 Å². The van der Waals surface area contributed by atoms with Crippen LogP contribution in [0.5, 0.6) is 0 Å². The van der Waals surface area contributed by atoms with E-state index in [2.05, 4.69) is 36.9 Å². The van der Waals surface area contributed by atoms with Crippen LogP contribution in [-0.4, -0.2) is 72.9 Å². The highest BCUT2D eigenvalue weighted by Gasteiger charge is 2.47. The van der Waals surface area contributed by atoms with E-state index in [1.54, 1.807) is 7.11 Å². The topological polar surface area (TPSA) is 70.1 Å². The zero-order chi connectivity index (χ0) is 23.2. The van der Waals surface area contributed by atoms with E-state index in [1.165, 1.54) is 16.7 Å². The van der Waals surface area contributed by atoms with Crippen LogP contribution in [0, 0.1) is 19.3 Å². The average Bonchev–Trinajstić information content (AvgIpc) is 2.97. The number of hydrogen-bond acceptors (Lipinski definition) is 4. The van der Waals surface area contributed by atoms with E-state index in [0.29, 0.717) is 12.5 Å². The lowest BCUT2D eigenvalue weighted by molar-refractivity contribution is -0.192. The van der Waals surface area contributed by atoms with Gasteiger partial charge in [0.2, 0.25) is 5.91 Å². The van der Waals surface area contributed by atoms with Crippen molar-refractivity contribution in [1.29, 1.82) is 0 Å². The first-order valence-electron chi connectivity index (χ1n) is 10.3. The Kier molecular flexibility index (Phi) is 8.48. The minimum Gasteiger partial charge on any atom is -0.475 e. The summed E-state index contributed by atoms with van der Waals surface area (Å²) in [5.41, 5.74) is 3.96. The molecule has 31 heavy (non-hydrogen) atoms. The predicted octanol–water partition coefficient (Wildman–Crippen LogP) is 3.40. The summed E-state index contributed by atoms with van der Waals surface area (Å²) in [6, 6.07) is 6.79. The van der Waals surface area contributed by atoms with Crippen LogP contribution >= 0.6 is 0 Å². The monoisotopic (exact) mass is 444 g/mol. The number of carboxylic acids is 1. The van der Waals surface area contributed by atoms with E-state index in [9.17, 15) is 18.0 Å². The third kappa shape index (κ3) is 6.93. The fraction of sp³-hybridized carbons (Fsp3) is 0.636. The van der Waals surface area contributed by atoms with Gasteiger partial charge in [-0.2, -0.15) is 13.2 Å². The SMILES string of the molecule is COCCN1CCC2(CCN(Cc3cc(C)cc(C)c3)CC2)C1=O.O=C(O)C(F)(F)F. The molecule has 1 spiro atoms. The predicted molar refractivity (Wildman–Crippen MR) is 110 cm³/mol. The molecular formula is C22H31F3N2O4. The number of alkyl halides is 3. The largest absolute Gasteiger partial charge is 0.490 e. The molecule has 2 heterocycles. The van der Waals surface area contributed by atoms with Crippen molar-refractivity contribution in [2.75, 3.05) is 39.9 Å². The Balaban J connectivity index is 0.000000423. The molecule has 0 aliphatic carbocycles. The highest BCUT2D eigenvalue weighted by molar-refractivity contribution is 5.85. The van der Waals surface area contributed by atoms with E-state index in [1.807, 2.05) is 4.90 Å². The fourth-order valence-corrected chi connectivity index (χ4v) is 4.33. The zero-order valence-corrected chi connectivity index (χ0v) is 18.3. The molecule has 2 fully saturated rings. The molecule has 9 heteroatoms. The first kappa shape index (κ1) is 25.1. The van der Waals surface area contributed by atoms with Gasteiger partial charge in [0.15, 0.2) is 0 Å². The standard InChI is InChI=1S/C20H30N2O2.C2HF3O2/c1-16-12-17(2)14-18(13-16)15-21-7-4-20(5-8-21)6-9-22(19(20)23)10-11-24-3;3-2(4,5)1(6)7/h12-14H,4-11,15H2,1-3H3;(H,6,7). The van der Waals surface area contributed by atoms with Crippen molar-refractivity contribution in [1.82, 2.24) is 9.80 Å². The van der Waals surface area contributed by atoms with Gasteiger partial charge in [-0.25, -0.2) is 4.79 Å². The van der Waals surface area contributed by atoms with Crippen molar-refractivity contribution in [3.05, 3.63) is 34.9 Å². The summed E-state index contributed by atoms with van der Waals surface area (Å²) in [5.74, 6) is -2.39. The molecule has 1 aromatic carbocycles. The molecule has 1 amide bonds. The van der Waals surface area contributed by atoms with Gasteiger partial charge in [-0.3, -0.25) is 9.69 Å². The van der Waals surface area contributed by atoms with Crippen molar-refractivity contribution in [2.24, 2.45) is 5.41 Å². The van der Waals surface area contributed by atoms with Crippen molar-refractivity contribution < 1.29 is 32.6 Å². The van der Waals surface area contributed by atoms with Gasteiger partial charge < -0.3 is 14.7 Å². The maximum Gasteiger partial charge on any atom is 0.490 e. The van der Waals surface area contributed by atoms with E-state index in [4.69, 9.17) is 14.6 Å². The Bertz CT molecular complexity index is 754. The zero-order valence-electron chi connectivity index (χ0n) is 18.3. The summed E-state index contributed by atoms with van der Waals surface area (Å²) in [5, 5.41) is 7.12. The van der Waals surface area contributed by atoms with E-state index >= 15 is 0 Å². The highest BCUT2D eigenvalue weighted by Crippen LogP contribution is 2.41. The van der Waals surface area contributed by atoms with Crippen molar-refractivity contribution in [2.45, 2.75) is 45.8 Å². The fourth-order valence-electron chi connectivity index (χ4n) is 4.33. The van der Waals surface area contributed by atoms with Crippen LogP contribution in [-0.2, 0) is 20.9 Å².